The smallest absolute Gasteiger partial charge is 0.132 e. The van der Waals surface area contributed by atoms with Crippen LogP contribution in [0.1, 0.15) is 24.8 Å². The van der Waals surface area contributed by atoms with Gasteiger partial charge in [0.1, 0.15) is 5.82 Å². The van der Waals surface area contributed by atoms with E-state index in [0.29, 0.717) is 6.04 Å². The highest BCUT2D eigenvalue weighted by Gasteiger charge is 2.24. The van der Waals surface area contributed by atoms with Crippen molar-refractivity contribution in [2.75, 3.05) is 32.2 Å². The molecule has 0 amide bonds. The van der Waals surface area contributed by atoms with Crippen molar-refractivity contribution in [1.82, 2.24) is 10.3 Å². The lowest BCUT2D eigenvalue weighted by atomic mass is 9.91. The normalized spacial score (nSPS) is 15.4. The number of nitrogens with one attached hydrogen (secondary N) is 1. The van der Waals surface area contributed by atoms with E-state index in [1.807, 2.05) is 12.3 Å². The van der Waals surface area contributed by atoms with Gasteiger partial charge in [0, 0.05) is 45.0 Å². The molecule has 0 bridgehead atoms. The first-order valence-electron chi connectivity index (χ1n) is 6.69. The molecule has 0 spiro atoms. The molecule has 0 aliphatic heterocycles. The highest BCUT2D eigenvalue weighted by atomic mass is 16.5. The number of pyridine rings is 1. The standard InChI is InChI=1S/C14H23N3O/c1-17(13-6-3-7-13)14-12(5-4-8-16-14)11-15-9-10-18-2/h4-5,8,13,15H,3,6-7,9-11H2,1-2H3. The van der Waals surface area contributed by atoms with Crippen LogP contribution in [0.4, 0.5) is 5.82 Å². The first kappa shape index (κ1) is 13.3. The monoisotopic (exact) mass is 249 g/mol. The zero-order chi connectivity index (χ0) is 12.8. The van der Waals surface area contributed by atoms with Crippen LogP contribution in [0.5, 0.6) is 0 Å². The van der Waals surface area contributed by atoms with E-state index < -0.39 is 0 Å². The zero-order valence-electron chi connectivity index (χ0n) is 11.4. The molecule has 1 heterocycles. The molecule has 1 N–H and O–H groups in total. The van der Waals surface area contributed by atoms with E-state index in [9.17, 15) is 0 Å². The van der Waals surface area contributed by atoms with E-state index in [1.54, 1.807) is 7.11 Å². The molecule has 0 aromatic carbocycles. The highest BCUT2D eigenvalue weighted by molar-refractivity contribution is 5.47. The van der Waals surface area contributed by atoms with Crippen LogP contribution in [0.25, 0.3) is 0 Å². The largest absolute Gasteiger partial charge is 0.383 e. The van der Waals surface area contributed by atoms with E-state index >= 15 is 0 Å². The van der Waals surface area contributed by atoms with Gasteiger partial charge in [-0.2, -0.15) is 0 Å². The maximum atomic E-state index is 5.03. The van der Waals surface area contributed by atoms with E-state index in [4.69, 9.17) is 4.74 Å². The van der Waals surface area contributed by atoms with Gasteiger partial charge in [0.15, 0.2) is 0 Å². The third kappa shape index (κ3) is 3.21. The van der Waals surface area contributed by atoms with Gasteiger partial charge in [-0.3, -0.25) is 0 Å². The van der Waals surface area contributed by atoms with E-state index in [0.717, 1.165) is 25.5 Å². The Labute approximate surface area is 109 Å². The molecule has 0 atom stereocenters. The molecule has 1 aliphatic carbocycles. The molecule has 1 aromatic heterocycles. The minimum Gasteiger partial charge on any atom is -0.383 e. The topological polar surface area (TPSA) is 37.4 Å². The first-order valence-corrected chi connectivity index (χ1v) is 6.69. The SMILES string of the molecule is COCCNCc1cccnc1N(C)C1CCC1. The van der Waals surface area contributed by atoms with Crippen molar-refractivity contribution in [1.29, 1.82) is 0 Å². The van der Waals surface area contributed by atoms with Crippen LogP contribution in [0.2, 0.25) is 0 Å². The van der Waals surface area contributed by atoms with Gasteiger partial charge in [0.2, 0.25) is 0 Å². The average molecular weight is 249 g/mol. The van der Waals surface area contributed by atoms with Gasteiger partial charge in [-0.1, -0.05) is 6.07 Å². The summed E-state index contributed by atoms with van der Waals surface area (Å²) in [6.07, 6.45) is 5.82. The van der Waals surface area contributed by atoms with Gasteiger partial charge in [-0.15, -0.1) is 0 Å². The Hall–Kier alpha value is -1.13. The second-order valence-corrected chi connectivity index (χ2v) is 4.85. The zero-order valence-corrected chi connectivity index (χ0v) is 11.4. The van der Waals surface area contributed by atoms with Crippen LogP contribution >= 0.6 is 0 Å². The molecule has 0 radical (unpaired) electrons. The fourth-order valence-electron chi connectivity index (χ4n) is 2.23. The third-order valence-corrected chi connectivity index (χ3v) is 3.62. The Morgan fingerprint density at radius 2 is 2.33 bits per heavy atom. The minimum atomic E-state index is 0.678. The summed E-state index contributed by atoms with van der Waals surface area (Å²) < 4.78 is 5.03. The van der Waals surface area contributed by atoms with Crippen molar-refractivity contribution < 1.29 is 4.74 Å². The van der Waals surface area contributed by atoms with Crippen LogP contribution in [0, 0.1) is 0 Å². The Balaban J connectivity index is 1.95. The summed E-state index contributed by atoms with van der Waals surface area (Å²) in [5, 5.41) is 3.38. The highest BCUT2D eigenvalue weighted by Crippen LogP contribution is 2.28. The molecular formula is C14H23N3O. The number of ether oxygens (including phenoxy) is 1. The Morgan fingerprint density at radius 3 is 3.00 bits per heavy atom. The number of aromatic nitrogens is 1. The van der Waals surface area contributed by atoms with Crippen LogP contribution < -0.4 is 10.2 Å². The van der Waals surface area contributed by atoms with E-state index in [2.05, 4.69) is 28.3 Å². The summed E-state index contributed by atoms with van der Waals surface area (Å²) in [6.45, 7) is 2.47. The van der Waals surface area contributed by atoms with Crippen molar-refractivity contribution in [2.45, 2.75) is 31.8 Å². The molecule has 1 saturated carbocycles. The van der Waals surface area contributed by atoms with Crippen molar-refractivity contribution in [3.05, 3.63) is 23.9 Å². The molecule has 100 valence electrons. The van der Waals surface area contributed by atoms with Crippen LogP contribution in [-0.4, -0.2) is 38.3 Å². The van der Waals surface area contributed by atoms with Gasteiger partial charge in [0.05, 0.1) is 6.61 Å². The Morgan fingerprint density at radius 1 is 1.50 bits per heavy atom. The quantitative estimate of drug-likeness (QED) is 0.748. The number of rotatable bonds is 7. The van der Waals surface area contributed by atoms with Crippen LogP contribution in [0.3, 0.4) is 0 Å². The average Bonchev–Trinajstić information content (AvgIpc) is 2.33. The fourth-order valence-corrected chi connectivity index (χ4v) is 2.23. The second-order valence-electron chi connectivity index (χ2n) is 4.85. The number of anilines is 1. The van der Waals surface area contributed by atoms with Gasteiger partial charge in [-0.05, 0) is 25.3 Å². The summed E-state index contributed by atoms with van der Waals surface area (Å²) >= 11 is 0. The summed E-state index contributed by atoms with van der Waals surface area (Å²) in [5.41, 5.74) is 1.27. The summed E-state index contributed by atoms with van der Waals surface area (Å²) in [7, 11) is 3.88. The first-order chi connectivity index (χ1) is 8.83. The van der Waals surface area contributed by atoms with Crippen molar-refractivity contribution in [3.8, 4) is 0 Å². The summed E-state index contributed by atoms with van der Waals surface area (Å²) in [6, 6.07) is 4.83. The van der Waals surface area contributed by atoms with Crippen molar-refractivity contribution >= 4 is 5.82 Å². The number of nitrogens with zero attached hydrogens (tertiary/aromatic N) is 2. The van der Waals surface area contributed by atoms with Gasteiger partial charge in [-0.25, -0.2) is 4.98 Å². The molecule has 1 aromatic rings. The summed E-state index contributed by atoms with van der Waals surface area (Å²) in [5.74, 6) is 1.12. The number of hydrogen-bond acceptors (Lipinski definition) is 4. The number of hydrogen-bond donors (Lipinski definition) is 1. The van der Waals surface area contributed by atoms with Crippen LogP contribution in [0.15, 0.2) is 18.3 Å². The third-order valence-electron chi connectivity index (χ3n) is 3.62. The Kier molecular flexibility index (Phi) is 4.96. The minimum absolute atomic E-state index is 0.678. The van der Waals surface area contributed by atoms with Crippen molar-refractivity contribution in [3.63, 3.8) is 0 Å². The maximum Gasteiger partial charge on any atom is 0.132 e. The molecule has 1 aliphatic rings. The molecule has 1 fully saturated rings. The van der Waals surface area contributed by atoms with E-state index in [-0.39, 0.29) is 0 Å². The lowest BCUT2D eigenvalue weighted by molar-refractivity contribution is 0.199. The number of methoxy groups -OCH3 is 1. The van der Waals surface area contributed by atoms with Gasteiger partial charge in [0.25, 0.3) is 0 Å². The lowest BCUT2D eigenvalue weighted by Crippen LogP contribution is -2.38. The molecule has 4 nitrogen and oxygen atoms in total. The van der Waals surface area contributed by atoms with E-state index in [1.165, 1.54) is 24.8 Å². The maximum absolute atomic E-state index is 5.03. The molecule has 18 heavy (non-hydrogen) atoms. The van der Waals surface area contributed by atoms with Crippen LogP contribution in [-0.2, 0) is 11.3 Å². The molecule has 4 heteroatoms. The fraction of sp³-hybridized carbons (Fsp3) is 0.643. The second kappa shape index (κ2) is 6.71. The molecule has 0 saturated heterocycles. The molecular weight excluding hydrogens is 226 g/mol. The predicted molar refractivity (Wildman–Crippen MR) is 73.9 cm³/mol. The Bertz CT molecular complexity index is 366. The van der Waals surface area contributed by atoms with Gasteiger partial charge < -0.3 is 15.0 Å². The van der Waals surface area contributed by atoms with Crippen molar-refractivity contribution in [2.24, 2.45) is 0 Å². The lowest BCUT2D eigenvalue weighted by Gasteiger charge is -2.36. The molecule has 2 rings (SSSR count). The van der Waals surface area contributed by atoms with Gasteiger partial charge >= 0.3 is 0 Å². The molecule has 0 unspecified atom stereocenters. The predicted octanol–water partition coefficient (Wildman–Crippen LogP) is 1.81. The summed E-state index contributed by atoms with van der Waals surface area (Å²) in [4.78, 5) is 6.87.